The Morgan fingerprint density at radius 2 is 2.14 bits per heavy atom. The van der Waals surface area contributed by atoms with Crippen molar-refractivity contribution in [3.05, 3.63) is 53.6 Å². The first-order valence-corrected chi connectivity index (χ1v) is 8.05. The van der Waals surface area contributed by atoms with Gasteiger partial charge in [-0.3, -0.25) is 0 Å². The number of nitrogens with zero attached hydrogens (tertiary/aromatic N) is 2. The van der Waals surface area contributed by atoms with Crippen LogP contribution in [0.2, 0.25) is 5.02 Å². The lowest BCUT2D eigenvalue weighted by Crippen LogP contribution is -2.33. The summed E-state index contributed by atoms with van der Waals surface area (Å²) < 4.78 is 14.2. The predicted octanol–water partition coefficient (Wildman–Crippen LogP) is 3.69. The molecule has 1 aliphatic rings. The van der Waals surface area contributed by atoms with E-state index >= 15 is 0 Å². The van der Waals surface area contributed by atoms with Crippen molar-refractivity contribution in [1.29, 1.82) is 0 Å². The molecule has 118 valence electrons. The van der Waals surface area contributed by atoms with Gasteiger partial charge in [0.25, 0.3) is 0 Å². The summed E-state index contributed by atoms with van der Waals surface area (Å²) in [6, 6.07) is 7.97. The lowest BCUT2D eigenvalue weighted by molar-refractivity contribution is -0.177. The Morgan fingerprint density at radius 3 is 2.77 bits per heavy atom. The maximum absolute atomic E-state index is 6.11. The monoisotopic (exact) mass is 320 g/mol. The molecule has 0 spiro atoms. The Morgan fingerprint density at radius 1 is 1.32 bits per heavy atom. The maximum atomic E-state index is 6.11. The molecule has 3 rings (SSSR count). The molecule has 2 unspecified atom stereocenters. The molecular weight excluding hydrogens is 300 g/mol. The molecule has 1 aliphatic heterocycles. The van der Waals surface area contributed by atoms with Crippen LogP contribution in [0.5, 0.6) is 0 Å². The molecule has 2 atom stereocenters. The summed E-state index contributed by atoms with van der Waals surface area (Å²) in [5.74, 6) is -0.497. The average Bonchev–Trinajstić information content (AvgIpc) is 3.15. The summed E-state index contributed by atoms with van der Waals surface area (Å²) in [5, 5.41) is 0.764. The van der Waals surface area contributed by atoms with E-state index in [4.69, 9.17) is 21.1 Å². The molecule has 1 aromatic heterocycles. The number of halogens is 1. The van der Waals surface area contributed by atoms with E-state index in [-0.39, 0.29) is 6.10 Å². The molecule has 0 bridgehead atoms. The van der Waals surface area contributed by atoms with Crippen LogP contribution < -0.4 is 0 Å². The zero-order valence-corrected chi connectivity index (χ0v) is 13.5. The van der Waals surface area contributed by atoms with Crippen molar-refractivity contribution in [1.82, 2.24) is 9.55 Å². The van der Waals surface area contributed by atoms with Crippen LogP contribution in [0.25, 0.3) is 0 Å². The Kier molecular flexibility index (Phi) is 4.81. The lowest BCUT2D eigenvalue weighted by Gasteiger charge is -2.28. The number of ether oxygens (including phenoxy) is 2. The molecule has 1 saturated heterocycles. The average molecular weight is 321 g/mol. The molecule has 2 aromatic rings. The third-order valence-corrected chi connectivity index (χ3v) is 4.27. The Labute approximate surface area is 136 Å². The van der Waals surface area contributed by atoms with Gasteiger partial charge in [-0.15, -0.1) is 0 Å². The van der Waals surface area contributed by atoms with Crippen LogP contribution in [0.15, 0.2) is 43.0 Å². The molecule has 1 fully saturated rings. The van der Waals surface area contributed by atoms with Gasteiger partial charge in [-0.1, -0.05) is 23.7 Å². The molecule has 1 aromatic carbocycles. The minimum Gasteiger partial charge on any atom is -0.347 e. The largest absolute Gasteiger partial charge is 0.347 e. The standard InChI is InChI=1S/C17H21ClN2O2/c1-14-12-21-17(22-14,8-10-20-11-9-19-13-20)7-6-15-2-4-16(18)5-3-15/h2-5,9,11,13-14H,6-8,10,12H2,1H3. The van der Waals surface area contributed by atoms with Crippen LogP contribution in [-0.2, 0) is 22.4 Å². The van der Waals surface area contributed by atoms with Gasteiger partial charge in [0.2, 0.25) is 0 Å². The van der Waals surface area contributed by atoms with Crippen molar-refractivity contribution in [2.45, 2.75) is 44.6 Å². The van der Waals surface area contributed by atoms with Crippen molar-refractivity contribution in [3.8, 4) is 0 Å². The molecule has 0 amide bonds. The molecule has 0 aliphatic carbocycles. The molecule has 22 heavy (non-hydrogen) atoms. The second kappa shape index (κ2) is 6.82. The second-order valence-corrected chi connectivity index (χ2v) is 6.26. The lowest BCUT2D eigenvalue weighted by atomic mass is 10.0. The van der Waals surface area contributed by atoms with Gasteiger partial charge in [0.1, 0.15) is 0 Å². The first kappa shape index (κ1) is 15.5. The van der Waals surface area contributed by atoms with Crippen LogP contribution >= 0.6 is 11.6 Å². The topological polar surface area (TPSA) is 36.3 Å². The molecular formula is C17H21ClN2O2. The minimum atomic E-state index is -0.497. The fraction of sp³-hybridized carbons (Fsp3) is 0.471. The fourth-order valence-corrected chi connectivity index (χ4v) is 2.92. The summed E-state index contributed by atoms with van der Waals surface area (Å²) in [4.78, 5) is 4.08. The van der Waals surface area contributed by atoms with Crippen LogP contribution in [0, 0.1) is 0 Å². The highest BCUT2D eigenvalue weighted by Crippen LogP contribution is 2.32. The van der Waals surface area contributed by atoms with E-state index in [0.29, 0.717) is 6.61 Å². The van der Waals surface area contributed by atoms with Gasteiger partial charge >= 0.3 is 0 Å². The van der Waals surface area contributed by atoms with Gasteiger partial charge in [0, 0.05) is 36.8 Å². The highest BCUT2D eigenvalue weighted by molar-refractivity contribution is 6.30. The number of aromatic nitrogens is 2. The van der Waals surface area contributed by atoms with Gasteiger partial charge in [0.05, 0.1) is 19.0 Å². The molecule has 2 heterocycles. The highest BCUT2D eigenvalue weighted by Gasteiger charge is 2.39. The Balaban J connectivity index is 1.62. The normalized spacial score (nSPS) is 24.7. The molecule has 0 saturated carbocycles. The molecule has 5 heteroatoms. The smallest absolute Gasteiger partial charge is 0.170 e. The summed E-state index contributed by atoms with van der Waals surface area (Å²) >= 11 is 5.93. The summed E-state index contributed by atoms with van der Waals surface area (Å²) in [6.07, 6.45) is 8.30. The van der Waals surface area contributed by atoms with Crippen LogP contribution in [0.3, 0.4) is 0 Å². The number of rotatable bonds is 6. The number of benzene rings is 1. The van der Waals surface area contributed by atoms with Gasteiger partial charge in [-0.25, -0.2) is 4.98 Å². The first-order valence-electron chi connectivity index (χ1n) is 7.67. The summed E-state index contributed by atoms with van der Waals surface area (Å²) in [6.45, 7) is 3.55. The molecule has 0 N–H and O–H groups in total. The fourth-order valence-electron chi connectivity index (χ4n) is 2.80. The number of imidazole rings is 1. The Bertz CT molecular complexity index is 585. The van der Waals surface area contributed by atoms with Crippen molar-refractivity contribution in [2.24, 2.45) is 0 Å². The van der Waals surface area contributed by atoms with E-state index in [1.165, 1.54) is 5.56 Å². The van der Waals surface area contributed by atoms with Crippen LogP contribution in [0.4, 0.5) is 0 Å². The Hall–Kier alpha value is -1.36. The molecule has 0 radical (unpaired) electrons. The molecule has 4 nitrogen and oxygen atoms in total. The number of hydrogen-bond acceptors (Lipinski definition) is 3. The third kappa shape index (κ3) is 3.88. The minimum absolute atomic E-state index is 0.146. The van der Waals surface area contributed by atoms with E-state index in [1.54, 1.807) is 6.20 Å². The third-order valence-electron chi connectivity index (χ3n) is 4.01. The van der Waals surface area contributed by atoms with Crippen molar-refractivity contribution in [3.63, 3.8) is 0 Å². The van der Waals surface area contributed by atoms with Gasteiger partial charge in [0.15, 0.2) is 5.79 Å². The van der Waals surface area contributed by atoms with Crippen LogP contribution in [-0.4, -0.2) is 28.0 Å². The predicted molar refractivity (Wildman–Crippen MR) is 85.8 cm³/mol. The van der Waals surface area contributed by atoms with E-state index in [0.717, 1.165) is 30.8 Å². The summed E-state index contributed by atoms with van der Waals surface area (Å²) in [5.41, 5.74) is 1.25. The number of aryl methyl sites for hydroxylation is 2. The zero-order chi connectivity index (χ0) is 15.4. The summed E-state index contributed by atoms with van der Waals surface area (Å²) in [7, 11) is 0. The van der Waals surface area contributed by atoms with Gasteiger partial charge < -0.3 is 14.0 Å². The van der Waals surface area contributed by atoms with Crippen LogP contribution in [0.1, 0.15) is 25.3 Å². The van der Waals surface area contributed by atoms with E-state index in [1.807, 2.05) is 24.7 Å². The van der Waals surface area contributed by atoms with Crippen molar-refractivity contribution < 1.29 is 9.47 Å². The SMILES string of the molecule is CC1COC(CCc2ccc(Cl)cc2)(CCn2ccnc2)O1. The van der Waals surface area contributed by atoms with E-state index < -0.39 is 5.79 Å². The number of hydrogen-bond donors (Lipinski definition) is 0. The van der Waals surface area contributed by atoms with Gasteiger partial charge in [-0.05, 0) is 31.0 Å². The first-order chi connectivity index (χ1) is 10.7. The van der Waals surface area contributed by atoms with Gasteiger partial charge in [-0.2, -0.15) is 0 Å². The van der Waals surface area contributed by atoms with Crippen molar-refractivity contribution in [2.75, 3.05) is 6.61 Å². The zero-order valence-electron chi connectivity index (χ0n) is 12.7. The second-order valence-electron chi connectivity index (χ2n) is 5.83. The van der Waals surface area contributed by atoms with Crippen molar-refractivity contribution >= 4 is 11.6 Å². The van der Waals surface area contributed by atoms with E-state index in [2.05, 4.69) is 28.6 Å². The quantitative estimate of drug-likeness (QED) is 0.814. The van der Waals surface area contributed by atoms with E-state index in [9.17, 15) is 0 Å². The maximum Gasteiger partial charge on any atom is 0.170 e. The highest BCUT2D eigenvalue weighted by atomic mass is 35.5.